The second kappa shape index (κ2) is 16.6. The lowest BCUT2D eigenvalue weighted by Crippen LogP contribution is -2.56. The molecule has 5 N–H and O–H groups in total. The Bertz CT molecular complexity index is 831. The number of rotatable bonds is 10. The monoisotopic (exact) mass is 550 g/mol. The van der Waals surface area contributed by atoms with E-state index in [2.05, 4.69) is 5.32 Å². The van der Waals surface area contributed by atoms with E-state index >= 15 is 0 Å². The van der Waals surface area contributed by atoms with Gasteiger partial charge < -0.3 is 31.2 Å². The van der Waals surface area contributed by atoms with E-state index in [0.29, 0.717) is 19.4 Å². The first-order valence-corrected chi connectivity index (χ1v) is 14.9. The van der Waals surface area contributed by atoms with Crippen LogP contribution in [0.1, 0.15) is 104 Å². The largest absolute Gasteiger partial charge is 0.445 e. The summed E-state index contributed by atoms with van der Waals surface area (Å²) in [7, 11) is 0. The molecule has 2 aliphatic carbocycles. The third kappa shape index (κ3) is 9.58. The Kier molecular flexibility index (Phi) is 13.9. The standard InChI is InChI=1S/C27H46N4O5.C2H4O/c1-3-17(2)16-19(24(32)25(29)33)21-13-9-15-31(21)26(34)23(18-10-5-4-6-11-18)30-27(35)36-22-14-8-7-12-20(22)28;1-2-3/h17-23H,3-16,28H2,1-2H3,(H2,29,33)(H,30,35);2H,1H3. The van der Waals surface area contributed by atoms with E-state index in [9.17, 15) is 19.2 Å². The second-order valence-electron chi connectivity index (χ2n) is 11.5. The van der Waals surface area contributed by atoms with Gasteiger partial charge in [-0.1, -0.05) is 46.0 Å². The van der Waals surface area contributed by atoms with Gasteiger partial charge in [-0.2, -0.15) is 0 Å². The Morgan fingerprint density at radius 2 is 1.62 bits per heavy atom. The number of ether oxygens (including phenoxy) is 1. The first-order chi connectivity index (χ1) is 18.6. The number of alkyl carbamates (subject to hydrolysis) is 1. The van der Waals surface area contributed by atoms with Crippen LogP contribution in [0.3, 0.4) is 0 Å². The third-order valence-corrected chi connectivity index (χ3v) is 8.65. The third-order valence-electron chi connectivity index (χ3n) is 8.65. The highest BCUT2D eigenvalue weighted by Gasteiger charge is 2.44. The molecule has 2 saturated carbocycles. The van der Waals surface area contributed by atoms with E-state index in [1.165, 1.54) is 6.92 Å². The molecule has 0 bridgehead atoms. The number of aldehydes is 1. The minimum absolute atomic E-state index is 0.0138. The van der Waals surface area contributed by atoms with Crippen molar-refractivity contribution in [3.8, 4) is 0 Å². The van der Waals surface area contributed by atoms with Crippen LogP contribution in [0.2, 0.25) is 0 Å². The van der Waals surface area contributed by atoms with E-state index in [4.69, 9.17) is 21.0 Å². The smallest absolute Gasteiger partial charge is 0.408 e. The number of hydrogen-bond donors (Lipinski definition) is 3. The lowest BCUT2D eigenvalue weighted by molar-refractivity contribution is -0.143. The summed E-state index contributed by atoms with van der Waals surface area (Å²) in [6.07, 6.45) is 11.0. The molecule has 1 heterocycles. The zero-order valence-electron chi connectivity index (χ0n) is 24.1. The average molecular weight is 551 g/mol. The number of hydrogen-bond acceptors (Lipinski definition) is 7. The van der Waals surface area contributed by atoms with Crippen molar-refractivity contribution in [3.05, 3.63) is 0 Å². The van der Waals surface area contributed by atoms with Gasteiger partial charge in [-0.25, -0.2) is 4.79 Å². The quantitative estimate of drug-likeness (QED) is 0.278. The van der Waals surface area contributed by atoms with Gasteiger partial charge >= 0.3 is 6.09 Å². The molecule has 0 aromatic carbocycles. The van der Waals surface area contributed by atoms with Gasteiger partial charge in [0.05, 0.1) is 0 Å². The van der Waals surface area contributed by atoms with Crippen LogP contribution in [0.5, 0.6) is 0 Å². The maximum absolute atomic E-state index is 14.0. The number of amides is 3. The maximum atomic E-state index is 14.0. The molecule has 10 heteroatoms. The molecule has 3 aliphatic rings. The molecule has 3 rings (SSSR count). The second-order valence-corrected chi connectivity index (χ2v) is 11.5. The first-order valence-electron chi connectivity index (χ1n) is 14.9. The molecule has 0 aromatic heterocycles. The van der Waals surface area contributed by atoms with Gasteiger partial charge in [-0.15, -0.1) is 0 Å². The van der Waals surface area contributed by atoms with Crippen LogP contribution in [0, 0.1) is 17.8 Å². The molecule has 0 spiro atoms. The molecule has 0 aromatic rings. The van der Waals surface area contributed by atoms with Crippen LogP contribution in [0.15, 0.2) is 0 Å². The molecule has 1 aliphatic heterocycles. The fraction of sp³-hybridized carbons (Fsp3) is 0.828. The molecule has 10 nitrogen and oxygen atoms in total. The van der Waals surface area contributed by atoms with Gasteiger partial charge in [0.1, 0.15) is 18.4 Å². The number of likely N-dealkylation sites (tertiary alicyclic amines) is 1. The molecule has 6 atom stereocenters. The summed E-state index contributed by atoms with van der Waals surface area (Å²) in [5.74, 6) is -2.12. The highest BCUT2D eigenvalue weighted by Crippen LogP contribution is 2.33. The molecular weight excluding hydrogens is 500 g/mol. The maximum Gasteiger partial charge on any atom is 0.408 e. The minimum atomic E-state index is -0.947. The molecule has 6 unspecified atom stereocenters. The molecule has 1 saturated heterocycles. The molecule has 39 heavy (non-hydrogen) atoms. The summed E-state index contributed by atoms with van der Waals surface area (Å²) in [6.45, 7) is 6.03. The fourth-order valence-corrected chi connectivity index (χ4v) is 6.30. The SMILES string of the molecule is CC=O.CCC(C)CC(C(=O)C(N)=O)C1CCCN1C(=O)C(NC(=O)OC1CCCCC1N)C1CCCCC1. The molecule has 3 amide bonds. The Labute approximate surface area is 233 Å². The number of nitrogens with zero attached hydrogens (tertiary/aromatic N) is 1. The summed E-state index contributed by atoms with van der Waals surface area (Å²) in [6, 6.07) is -1.29. The zero-order valence-corrected chi connectivity index (χ0v) is 24.1. The van der Waals surface area contributed by atoms with E-state index < -0.39 is 29.7 Å². The van der Waals surface area contributed by atoms with Crippen LogP contribution in [0.4, 0.5) is 4.79 Å². The Morgan fingerprint density at radius 1 is 1.00 bits per heavy atom. The van der Waals surface area contributed by atoms with Crippen LogP contribution < -0.4 is 16.8 Å². The van der Waals surface area contributed by atoms with Crippen LogP contribution in [-0.2, 0) is 23.9 Å². The highest BCUT2D eigenvalue weighted by molar-refractivity contribution is 6.36. The van der Waals surface area contributed by atoms with E-state index in [-0.39, 0.29) is 35.9 Å². The Morgan fingerprint density at radius 3 is 2.21 bits per heavy atom. The number of carbonyl (C=O) groups excluding carboxylic acids is 5. The fourth-order valence-electron chi connectivity index (χ4n) is 6.30. The summed E-state index contributed by atoms with van der Waals surface area (Å²) >= 11 is 0. The van der Waals surface area contributed by atoms with Crippen LogP contribution in [-0.4, -0.2) is 65.7 Å². The van der Waals surface area contributed by atoms with Gasteiger partial charge in [0, 0.05) is 24.5 Å². The number of Topliss-reactive ketones (excluding diaryl/α,β-unsaturated/α-hetero) is 1. The average Bonchev–Trinajstić information content (AvgIpc) is 3.41. The van der Waals surface area contributed by atoms with Crippen molar-refractivity contribution < 1.29 is 28.7 Å². The van der Waals surface area contributed by atoms with Gasteiger partial charge in [0.25, 0.3) is 5.91 Å². The van der Waals surface area contributed by atoms with Gasteiger partial charge in [-0.3, -0.25) is 14.4 Å². The van der Waals surface area contributed by atoms with E-state index in [1.54, 1.807) is 4.90 Å². The zero-order chi connectivity index (χ0) is 28.9. The molecule has 0 radical (unpaired) electrons. The van der Waals surface area contributed by atoms with E-state index in [0.717, 1.165) is 76.9 Å². The van der Waals surface area contributed by atoms with Crippen molar-refractivity contribution in [1.82, 2.24) is 10.2 Å². The van der Waals surface area contributed by atoms with E-state index in [1.807, 2.05) is 13.8 Å². The van der Waals surface area contributed by atoms with Crippen molar-refractivity contribution in [1.29, 1.82) is 0 Å². The molecule has 3 fully saturated rings. The normalized spacial score (nSPS) is 25.8. The Balaban J connectivity index is 0.00000170. The highest BCUT2D eigenvalue weighted by atomic mass is 16.6. The topological polar surface area (TPSA) is 162 Å². The van der Waals surface area contributed by atoms with Gasteiger partial charge in [-0.05, 0) is 70.1 Å². The number of nitrogens with one attached hydrogen (secondary N) is 1. The summed E-state index contributed by atoms with van der Waals surface area (Å²) in [5, 5.41) is 2.91. The van der Waals surface area contributed by atoms with Crippen LogP contribution >= 0.6 is 0 Å². The van der Waals surface area contributed by atoms with Crippen LogP contribution in [0.25, 0.3) is 0 Å². The van der Waals surface area contributed by atoms with Crippen molar-refractivity contribution in [2.45, 2.75) is 128 Å². The predicted molar refractivity (Wildman–Crippen MR) is 148 cm³/mol. The van der Waals surface area contributed by atoms with Crippen molar-refractivity contribution in [3.63, 3.8) is 0 Å². The lowest BCUT2D eigenvalue weighted by atomic mass is 9.81. The Hall–Kier alpha value is -2.49. The number of nitrogens with two attached hydrogens (primary N) is 2. The lowest BCUT2D eigenvalue weighted by Gasteiger charge is -2.37. The number of primary amides is 1. The molecule has 222 valence electrons. The van der Waals surface area contributed by atoms with Crippen molar-refractivity contribution >= 4 is 30.0 Å². The van der Waals surface area contributed by atoms with Crippen molar-refractivity contribution in [2.24, 2.45) is 29.2 Å². The predicted octanol–water partition coefficient (Wildman–Crippen LogP) is 3.23. The van der Waals surface area contributed by atoms with Gasteiger partial charge in [0.15, 0.2) is 0 Å². The number of carbonyl (C=O) groups is 5. The number of ketones is 1. The summed E-state index contributed by atoms with van der Waals surface area (Å²) in [4.78, 5) is 62.2. The summed E-state index contributed by atoms with van der Waals surface area (Å²) in [5.41, 5.74) is 11.6. The molecular formula is C29H50N4O6. The van der Waals surface area contributed by atoms with Crippen molar-refractivity contribution in [2.75, 3.05) is 6.54 Å². The van der Waals surface area contributed by atoms with Gasteiger partial charge in [0.2, 0.25) is 11.7 Å². The minimum Gasteiger partial charge on any atom is -0.445 e. The first kappa shape index (κ1) is 32.7. The summed E-state index contributed by atoms with van der Waals surface area (Å²) < 4.78 is 5.69.